The maximum atomic E-state index is 8.83. The van der Waals surface area contributed by atoms with E-state index in [1.165, 1.54) is 13.3 Å². The lowest BCUT2D eigenvalue weighted by molar-refractivity contribution is 0.373. The van der Waals surface area contributed by atoms with Crippen molar-refractivity contribution < 1.29 is 9.47 Å². The molecule has 0 aliphatic heterocycles. The summed E-state index contributed by atoms with van der Waals surface area (Å²) in [6.45, 7) is 0. The summed E-state index contributed by atoms with van der Waals surface area (Å²) >= 11 is 9.12. The van der Waals surface area contributed by atoms with Gasteiger partial charge in [-0.2, -0.15) is 5.26 Å². The molecule has 0 atom stereocenters. The highest BCUT2D eigenvalue weighted by atomic mass is 79.9. The predicted molar refractivity (Wildman–Crippen MR) is 74.7 cm³/mol. The van der Waals surface area contributed by atoms with Crippen molar-refractivity contribution in [3.63, 3.8) is 0 Å². The third-order valence-corrected chi connectivity index (χ3v) is 3.05. The van der Waals surface area contributed by atoms with E-state index in [1.807, 2.05) is 6.07 Å². The number of hydrogen-bond acceptors (Lipinski definition) is 4. The molecule has 0 saturated carbocycles. The fourth-order valence-electron chi connectivity index (χ4n) is 1.40. The minimum Gasteiger partial charge on any atom is -0.493 e. The molecule has 96 valence electrons. The zero-order chi connectivity index (χ0) is 13.8. The number of hydrogen-bond donors (Lipinski definition) is 0. The summed E-state index contributed by atoms with van der Waals surface area (Å²) in [6, 6.07) is 8.60. The lowest BCUT2D eigenvalue weighted by Crippen LogP contribution is -1.93. The fourth-order valence-corrected chi connectivity index (χ4v) is 2.12. The molecule has 0 bridgehead atoms. The minimum atomic E-state index is 0.368. The zero-order valence-corrected chi connectivity index (χ0v) is 12.2. The van der Waals surface area contributed by atoms with Crippen molar-refractivity contribution >= 4 is 27.5 Å². The first-order valence-corrected chi connectivity index (χ1v) is 6.38. The quantitative estimate of drug-likeness (QED) is 0.842. The molecule has 2 rings (SSSR count). The van der Waals surface area contributed by atoms with E-state index < -0.39 is 0 Å². The molecule has 0 amide bonds. The first-order chi connectivity index (χ1) is 9.13. The summed E-state index contributed by atoms with van der Waals surface area (Å²) < 4.78 is 11.4. The van der Waals surface area contributed by atoms with Crippen LogP contribution in [-0.4, -0.2) is 12.1 Å². The number of ether oxygens (including phenoxy) is 2. The molecule has 1 heterocycles. The molecule has 0 aliphatic rings. The van der Waals surface area contributed by atoms with Crippen LogP contribution in [-0.2, 0) is 0 Å². The highest BCUT2D eigenvalue weighted by Crippen LogP contribution is 2.35. The molecule has 0 N–H and O–H groups in total. The van der Waals surface area contributed by atoms with Crippen molar-refractivity contribution in [2.45, 2.75) is 0 Å². The Balaban J connectivity index is 2.35. The molecule has 1 aromatic heterocycles. The second-order valence-electron chi connectivity index (χ2n) is 3.52. The van der Waals surface area contributed by atoms with Gasteiger partial charge < -0.3 is 9.47 Å². The molecule has 2 aromatic rings. The molecule has 0 fully saturated rings. The van der Waals surface area contributed by atoms with Crippen LogP contribution in [0.3, 0.4) is 0 Å². The van der Waals surface area contributed by atoms with Gasteiger partial charge in [0.2, 0.25) is 5.88 Å². The van der Waals surface area contributed by atoms with Crippen molar-refractivity contribution in [1.82, 2.24) is 4.98 Å². The van der Waals surface area contributed by atoms with Crippen molar-refractivity contribution in [3.05, 3.63) is 45.5 Å². The number of nitriles is 1. The lowest BCUT2D eigenvalue weighted by atomic mass is 10.2. The van der Waals surface area contributed by atoms with Crippen LogP contribution < -0.4 is 9.47 Å². The summed E-state index contributed by atoms with van der Waals surface area (Å²) in [5.74, 6) is 1.30. The van der Waals surface area contributed by atoms with Crippen LogP contribution in [0.2, 0.25) is 5.02 Å². The third-order valence-electron chi connectivity index (χ3n) is 2.27. The first kappa shape index (κ1) is 13.7. The fraction of sp³-hybridized carbons (Fsp3) is 0.0769. The molecule has 4 nitrogen and oxygen atoms in total. The first-order valence-electron chi connectivity index (χ1n) is 5.21. The van der Waals surface area contributed by atoms with Crippen LogP contribution in [0, 0.1) is 11.3 Å². The van der Waals surface area contributed by atoms with E-state index in [2.05, 4.69) is 20.9 Å². The second-order valence-corrected chi connectivity index (χ2v) is 4.81. The standard InChI is InChI=1S/C13H8BrClN2O2/c1-18-12-4-8(6-16)2-3-11(12)19-13-10(14)5-9(15)7-17-13/h2-5,7H,1H3. The Hall–Kier alpha value is -1.77. The van der Waals surface area contributed by atoms with E-state index in [9.17, 15) is 0 Å². The van der Waals surface area contributed by atoms with Crippen molar-refractivity contribution in [1.29, 1.82) is 5.26 Å². The van der Waals surface area contributed by atoms with Crippen molar-refractivity contribution in [3.8, 4) is 23.4 Å². The SMILES string of the molecule is COc1cc(C#N)ccc1Oc1ncc(Cl)cc1Br. The van der Waals surface area contributed by atoms with Gasteiger partial charge in [-0.05, 0) is 34.1 Å². The summed E-state index contributed by atoms with van der Waals surface area (Å²) in [6.07, 6.45) is 1.48. The van der Waals surface area contributed by atoms with E-state index in [1.54, 1.807) is 24.3 Å². The maximum Gasteiger partial charge on any atom is 0.233 e. The van der Waals surface area contributed by atoms with E-state index in [-0.39, 0.29) is 0 Å². The molecule has 0 spiro atoms. The number of aromatic nitrogens is 1. The van der Waals surface area contributed by atoms with Gasteiger partial charge in [-0.25, -0.2) is 4.98 Å². The van der Waals surface area contributed by atoms with Gasteiger partial charge in [-0.15, -0.1) is 0 Å². The molecule has 0 radical (unpaired) electrons. The Bertz CT molecular complexity index is 656. The summed E-state index contributed by atoms with van der Waals surface area (Å²) in [4.78, 5) is 4.07. The van der Waals surface area contributed by atoms with Gasteiger partial charge in [-0.1, -0.05) is 11.6 Å². The second kappa shape index (κ2) is 5.91. The number of benzene rings is 1. The molecular weight excluding hydrogens is 332 g/mol. The number of methoxy groups -OCH3 is 1. The Morgan fingerprint density at radius 1 is 1.32 bits per heavy atom. The predicted octanol–water partition coefficient (Wildman–Crippen LogP) is 4.17. The lowest BCUT2D eigenvalue weighted by Gasteiger charge is -2.10. The average molecular weight is 340 g/mol. The van der Waals surface area contributed by atoms with Crippen LogP contribution in [0.15, 0.2) is 34.9 Å². The average Bonchev–Trinajstić information content (AvgIpc) is 2.42. The number of nitrogens with zero attached hydrogens (tertiary/aromatic N) is 2. The van der Waals surface area contributed by atoms with Gasteiger partial charge in [-0.3, -0.25) is 0 Å². The molecule has 19 heavy (non-hydrogen) atoms. The van der Waals surface area contributed by atoms with E-state index in [0.717, 1.165) is 0 Å². The summed E-state index contributed by atoms with van der Waals surface area (Å²) in [7, 11) is 1.51. The van der Waals surface area contributed by atoms with E-state index in [0.29, 0.717) is 32.4 Å². The number of rotatable bonds is 3. The molecule has 0 saturated heterocycles. The topological polar surface area (TPSA) is 55.1 Å². The monoisotopic (exact) mass is 338 g/mol. The Morgan fingerprint density at radius 3 is 2.74 bits per heavy atom. The van der Waals surface area contributed by atoms with Crippen LogP contribution in [0.4, 0.5) is 0 Å². The molecule has 0 unspecified atom stereocenters. The number of pyridine rings is 1. The Labute approximate surface area is 123 Å². The highest BCUT2D eigenvalue weighted by molar-refractivity contribution is 9.10. The van der Waals surface area contributed by atoms with Gasteiger partial charge in [0.1, 0.15) is 0 Å². The van der Waals surface area contributed by atoms with Crippen molar-refractivity contribution in [2.75, 3.05) is 7.11 Å². The van der Waals surface area contributed by atoms with Crippen LogP contribution in [0.1, 0.15) is 5.56 Å². The molecule has 6 heteroatoms. The smallest absolute Gasteiger partial charge is 0.233 e. The van der Waals surface area contributed by atoms with Gasteiger partial charge in [0.05, 0.1) is 28.2 Å². The zero-order valence-electron chi connectivity index (χ0n) is 9.85. The molecule has 0 aliphatic carbocycles. The van der Waals surface area contributed by atoms with Gasteiger partial charge >= 0.3 is 0 Å². The normalized spacial score (nSPS) is 9.79. The summed E-state index contributed by atoms with van der Waals surface area (Å²) in [5.41, 5.74) is 0.493. The van der Waals surface area contributed by atoms with Gasteiger partial charge in [0.25, 0.3) is 0 Å². The highest BCUT2D eigenvalue weighted by Gasteiger charge is 2.10. The molecular formula is C13H8BrClN2O2. The Morgan fingerprint density at radius 2 is 2.11 bits per heavy atom. The van der Waals surface area contributed by atoms with Crippen LogP contribution >= 0.6 is 27.5 Å². The van der Waals surface area contributed by atoms with Crippen LogP contribution in [0.25, 0.3) is 0 Å². The van der Waals surface area contributed by atoms with E-state index in [4.69, 9.17) is 26.3 Å². The third kappa shape index (κ3) is 3.16. The Kier molecular flexibility index (Phi) is 4.25. The van der Waals surface area contributed by atoms with Gasteiger partial charge in [0.15, 0.2) is 11.5 Å². The van der Waals surface area contributed by atoms with Crippen LogP contribution in [0.5, 0.6) is 17.4 Å². The molecule has 1 aromatic carbocycles. The van der Waals surface area contributed by atoms with Gasteiger partial charge in [0, 0.05) is 12.3 Å². The number of halogens is 2. The largest absolute Gasteiger partial charge is 0.493 e. The van der Waals surface area contributed by atoms with E-state index >= 15 is 0 Å². The van der Waals surface area contributed by atoms with Crippen molar-refractivity contribution in [2.24, 2.45) is 0 Å². The summed E-state index contributed by atoms with van der Waals surface area (Å²) in [5, 5.41) is 9.34. The maximum absolute atomic E-state index is 8.83. The minimum absolute atomic E-state index is 0.368.